The maximum Gasteiger partial charge on any atom is 0.312 e. The molecule has 1 aromatic heterocycles. The molecule has 2 N–H and O–H groups in total. The molecule has 0 spiro atoms. The molecule has 308 valence electrons. The van der Waals surface area contributed by atoms with Crippen molar-refractivity contribution < 1.29 is 47.2 Å². The molecule has 1 aliphatic carbocycles. The Morgan fingerprint density at radius 3 is 2.58 bits per heavy atom. The number of hydrogen-bond acceptors (Lipinski definition) is 9. The van der Waals surface area contributed by atoms with E-state index in [0.717, 1.165) is 37.5 Å². The van der Waals surface area contributed by atoms with E-state index < -0.39 is 40.5 Å². The molecule has 12 heteroatoms. The smallest absolute Gasteiger partial charge is 0.312 e. The second kappa shape index (κ2) is 20.6. The van der Waals surface area contributed by atoms with E-state index in [4.69, 9.17) is 31.8 Å². The molecule has 57 heavy (non-hydrogen) atoms. The molecule has 1 saturated carbocycles. The quantitative estimate of drug-likeness (QED) is 0.0690. The summed E-state index contributed by atoms with van der Waals surface area (Å²) < 4.78 is 50.5. The van der Waals surface area contributed by atoms with Gasteiger partial charge >= 0.3 is 11.9 Å². The predicted octanol–water partition coefficient (Wildman–Crippen LogP) is 7.32. The molecular formula is C45H56F2N2O8. The number of halogens is 2. The van der Waals surface area contributed by atoms with E-state index in [1.807, 2.05) is 12.2 Å². The molecule has 0 bridgehead atoms. The van der Waals surface area contributed by atoms with Crippen molar-refractivity contribution >= 4 is 17.8 Å². The molecule has 1 amide bonds. The average molecular weight is 791 g/mol. The predicted molar refractivity (Wildman–Crippen MR) is 210 cm³/mol. The van der Waals surface area contributed by atoms with Crippen molar-refractivity contribution in [2.45, 2.75) is 118 Å². The molecule has 2 fully saturated rings. The maximum atomic E-state index is 13.9. The van der Waals surface area contributed by atoms with E-state index in [1.54, 1.807) is 34.6 Å². The zero-order chi connectivity index (χ0) is 41.8. The van der Waals surface area contributed by atoms with Crippen molar-refractivity contribution in [2.75, 3.05) is 13.2 Å². The molecular weight excluding hydrogens is 734 g/mol. The van der Waals surface area contributed by atoms with Crippen molar-refractivity contribution in [2.24, 2.45) is 28.6 Å². The van der Waals surface area contributed by atoms with E-state index in [9.17, 15) is 28.3 Å². The number of ether oxygens (including phenoxy) is 4. The molecule has 2 aromatic rings. The number of rotatable bonds is 18. The minimum absolute atomic E-state index is 0.0191. The second-order valence-corrected chi connectivity index (χ2v) is 16.3. The zero-order valence-corrected chi connectivity index (χ0v) is 33.7. The fourth-order valence-corrected chi connectivity index (χ4v) is 7.26. The molecule has 5 atom stereocenters. The number of aryl methyl sites for hydroxylation is 1. The first-order chi connectivity index (χ1) is 27.1. The fourth-order valence-electron chi connectivity index (χ4n) is 7.26. The van der Waals surface area contributed by atoms with Crippen molar-refractivity contribution in [3.05, 3.63) is 65.0 Å². The minimum atomic E-state index is -0.913. The zero-order valence-electron chi connectivity index (χ0n) is 33.7. The largest absolute Gasteiger partial charge is 0.490 e. The second-order valence-electron chi connectivity index (χ2n) is 16.3. The van der Waals surface area contributed by atoms with Crippen LogP contribution in [0.2, 0.25) is 0 Å². The van der Waals surface area contributed by atoms with Crippen LogP contribution in [-0.2, 0) is 37.0 Å². The minimum Gasteiger partial charge on any atom is -0.490 e. The fraction of sp³-hybridized carbons (Fsp3) is 0.556. The lowest BCUT2D eigenvalue weighted by molar-refractivity contribution is -0.155. The lowest BCUT2D eigenvalue weighted by atomic mass is 9.86. The van der Waals surface area contributed by atoms with Crippen LogP contribution >= 0.6 is 0 Å². The van der Waals surface area contributed by atoms with E-state index in [-0.39, 0.29) is 80.3 Å². The summed E-state index contributed by atoms with van der Waals surface area (Å²) in [6.45, 7) is 9.06. The van der Waals surface area contributed by atoms with E-state index >= 15 is 0 Å². The van der Waals surface area contributed by atoms with Crippen molar-refractivity contribution in [1.29, 1.82) is 0 Å². The summed E-state index contributed by atoms with van der Waals surface area (Å²) >= 11 is 0. The van der Waals surface area contributed by atoms with Crippen LogP contribution in [0.1, 0.15) is 102 Å². The highest BCUT2D eigenvalue weighted by Crippen LogP contribution is 2.42. The first-order valence-corrected chi connectivity index (χ1v) is 19.6. The number of aliphatic hydroxyl groups is 1. The van der Waals surface area contributed by atoms with Gasteiger partial charge in [-0.3, -0.25) is 19.4 Å². The number of terminal acetylenes is 2. The molecule has 2 aliphatic rings. The molecule has 4 rings (SSSR count). The van der Waals surface area contributed by atoms with Gasteiger partial charge in [-0.1, -0.05) is 26.0 Å². The molecule has 10 nitrogen and oxygen atoms in total. The SMILES string of the molecule is C#CCC(C)(C)C(=O)NCc1c(COC(=O)C(C)(C)CC#C)cnc(C)c1OC(=O)CCC[C@H]1CC[C@@H]2[C@@H](/C=C/CCOc3cc(F)ccc3F)[C@H](O)C[C@@H]2OC1. The Bertz CT molecular complexity index is 1850. The monoisotopic (exact) mass is 790 g/mol. The van der Waals surface area contributed by atoms with E-state index in [1.165, 1.54) is 6.20 Å². The van der Waals surface area contributed by atoms with Crippen LogP contribution in [-0.4, -0.2) is 53.4 Å². The number of amides is 1. The van der Waals surface area contributed by atoms with Crippen molar-refractivity contribution in [3.63, 3.8) is 0 Å². The van der Waals surface area contributed by atoms with Crippen LogP contribution in [0.15, 0.2) is 36.5 Å². The first kappa shape index (κ1) is 44.9. The van der Waals surface area contributed by atoms with Gasteiger partial charge in [-0.25, -0.2) is 8.78 Å². The van der Waals surface area contributed by atoms with E-state index in [2.05, 4.69) is 22.1 Å². The van der Waals surface area contributed by atoms with Crippen molar-refractivity contribution in [3.8, 4) is 36.2 Å². The van der Waals surface area contributed by atoms with Crippen LogP contribution in [0.25, 0.3) is 0 Å². The number of pyridine rings is 1. The summed E-state index contributed by atoms with van der Waals surface area (Å²) in [6.07, 6.45) is 20.3. The number of hydrogen-bond donors (Lipinski definition) is 2. The summed E-state index contributed by atoms with van der Waals surface area (Å²) in [4.78, 5) is 43.7. The average Bonchev–Trinajstić information content (AvgIpc) is 3.31. The normalized spacial score (nSPS) is 20.8. The summed E-state index contributed by atoms with van der Waals surface area (Å²) in [5.74, 6) is 2.89. The number of esters is 2. The molecule has 0 radical (unpaired) electrons. The highest BCUT2D eigenvalue weighted by Gasteiger charge is 2.43. The van der Waals surface area contributed by atoms with Gasteiger partial charge in [0, 0.05) is 68.1 Å². The van der Waals surface area contributed by atoms with Crippen LogP contribution in [0, 0.1) is 71.8 Å². The number of fused-ring (bicyclic) bond motifs is 1. The van der Waals surface area contributed by atoms with Gasteiger partial charge < -0.3 is 29.4 Å². The van der Waals surface area contributed by atoms with Gasteiger partial charge in [-0.05, 0) is 76.8 Å². The van der Waals surface area contributed by atoms with Gasteiger partial charge in [0.25, 0.3) is 0 Å². The van der Waals surface area contributed by atoms with Gasteiger partial charge in [0.15, 0.2) is 17.3 Å². The molecule has 0 unspecified atom stereocenters. The third-order valence-electron chi connectivity index (χ3n) is 10.8. The number of aromatic nitrogens is 1. The third kappa shape index (κ3) is 12.6. The Hall–Kier alpha value is -4.78. The third-order valence-corrected chi connectivity index (χ3v) is 10.8. The van der Waals surface area contributed by atoms with Crippen LogP contribution in [0.4, 0.5) is 8.78 Å². The van der Waals surface area contributed by atoms with E-state index in [0.29, 0.717) is 42.7 Å². The number of benzene rings is 1. The lowest BCUT2D eigenvalue weighted by Crippen LogP contribution is -2.36. The highest BCUT2D eigenvalue weighted by atomic mass is 19.1. The van der Waals surface area contributed by atoms with Crippen LogP contribution < -0.4 is 14.8 Å². The van der Waals surface area contributed by atoms with Crippen LogP contribution in [0.3, 0.4) is 0 Å². The lowest BCUT2D eigenvalue weighted by Gasteiger charge is -2.23. The maximum absolute atomic E-state index is 13.9. The molecule has 1 saturated heterocycles. The van der Waals surface area contributed by atoms with Gasteiger partial charge in [0.05, 0.1) is 35.3 Å². The first-order valence-electron chi connectivity index (χ1n) is 19.6. The molecule has 2 heterocycles. The summed E-state index contributed by atoms with van der Waals surface area (Å²) in [7, 11) is 0. The number of nitrogens with zero attached hydrogens (tertiary/aromatic N) is 1. The Balaban J connectivity index is 1.33. The van der Waals surface area contributed by atoms with Gasteiger partial charge in [-0.2, -0.15) is 0 Å². The van der Waals surface area contributed by atoms with Crippen molar-refractivity contribution in [1.82, 2.24) is 10.3 Å². The number of nitrogens with one attached hydrogen (secondary N) is 1. The Morgan fingerprint density at radius 1 is 1.11 bits per heavy atom. The number of carbonyl (C=O) groups is 3. The van der Waals surface area contributed by atoms with Crippen LogP contribution in [0.5, 0.6) is 11.5 Å². The summed E-state index contributed by atoms with van der Waals surface area (Å²) in [5.41, 5.74) is -0.396. The molecule has 1 aromatic carbocycles. The molecule has 1 aliphatic heterocycles. The summed E-state index contributed by atoms with van der Waals surface area (Å²) in [6, 6.07) is 3.08. The number of carbonyl (C=O) groups excluding carboxylic acids is 3. The highest BCUT2D eigenvalue weighted by molar-refractivity contribution is 5.82. The number of aliphatic hydroxyl groups excluding tert-OH is 1. The summed E-state index contributed by atoms with van der Waals surface area (Å²) in [5, 5.41) is 13.7. The standard InChI is InChI=1S/C45H56F2N2O8/c1-8-20-44(4,5)42(52)49-26-35-31(28-56-43(53)45(6,7)21-9-2)25-48-29(3)41(35)57-40(51)15-12-13-30-16-18-34-33(37(50)24-38(34)55-27-30)14-10-11-22-54-39-23-32(46)17-19-36(39)47/h1-2,10,14,17,19,23,25,30,33-34,37-38,50H,11-13,15-16,18,20-22,24,26-28H2,3-7H3,(H,49,52)/b14-10+/t30-,33+,34+,37+,38-/m0/s1. The topological polar surface area (TPSA) is 133 Å². The Labute approximate surface area is 335 Å². The Morgan fingerprint density at radius 2 is 1.84 bits per heavy atom. The van der Waals surface area contributed by atoms with Gasteiger partial charge in [-0.15, -0.1) is 24.7 Å². The van der Waals surface area contributed by atoms with Gasteiger partial charge in [0.1, 0.15) is 12.4 Å². The van der Waals surface area contributed by atoms with Gasteiger partial charge in [0.2, 0.25) is 5.91 Å². The Kier molecular flexibility index (Phi) is 16.2.